The molecule has 0 saturated carbocycles. The van der Waals surface area contributed by atoms with Gasteiger partial charge in [0.05, 0.1) is 23.0 Å². The summed E-state index contributed by atoms with van der Waals surface area (Å²) in [5.74, 6) is 0.240. The second kappa shape index (κ2) is 7.48. The number of nitrogens with zero attached hydrogens (tertiary/aromatic N) is 3. The van der Waals surface area contributed by atoms with Gasteiger partial charge in [0.25, 0.3) is 5.69 Å². The van der Waals surface area contributed by atoms with Crippen molar-refractivity contribution in [2.24, 2.45) is 0 Å². The number of rotatable bonds is 6. The first-order valence-electron chi connectivity index (χ1n) is 7.70. The van der Waals surface area contributed by atoms with Gasteiger partial charge in [0.15, 0.2) is 5.69 Å². The molecule has 0 atom stereocenters. The van der Waals surface area contributed by atoms with Crippen molar-refractivity contribution in [2.45, 2.75) is 0 Å². The van der Waals surface area contributed by atoms with E-state index in [0.717, 1.165) is 0 Å². The summed E-state index contributed by atoms with van der Waals surface area (Å²) in [7, 11) is 1.39. The highest BCUT2D eigenvalue weighted by molar-refractivity contribution is 5.70. The molecule has 0 radical (unpaired) electrons. The van der Waals surface area contributed by atoms with Crippen LogP contribution in [0.2, 0.25) is 0 Å². The van der Waals surface area contributed by atoms with Crippen LogP contribution in [0, 0.1) is 20.2 Å². The molecule has 3 aromatic rings. The molecule has 27 heavy (non-hydrogen) atoms. The Morgan fingerprint density at radius 2 is 1.59 bits per heavy atom. The van der Waals surface area contributed by atoms with E-state index in [0.29, 0.717) is 11.3 Å². The normalized spacial score (nSPS) is 10.3. The average molecular weight is 367 g/mol. The summed E-state index contributed by atoms with van der Waals surface area (Å²) in [6.45, 7) is 0. The molecule has 0 fully saturated rings. The number of benzene rings is 2. The minimum absolute atomic E-state index is 0.00674. The summed E-state index contributed by atoms with van der Waals surface area (Å²) in [6.07, 6.45) is 0. The first-order valence-corrected chi connectivity index (χ1v) is 7.70. The highest BCUT2D eigenvalue weighted by Crippen LogP contribution is 2.36. The summed E-state index contributed by atoms with van der Waals surface area (Å²) in [6, 6.07) is 15.2. The predicted octanol–water partition coefficient (Wildman–Crippen LogP) is 4.37. The van der Waals surface area contributed by atoms with Crippen molar-refractivity contribution in [3.8, 4) is 28.6 Å². The van der Waals surface area contributed by atoms with Crippen molar-refractivity contribution < 1.29 is 19.3 Å². The molecule has 1 aromatic heterocycles. The van der Waals surface area contributed by atoms with Gasteiger partial charge in [-0.15, -0.1) is 0 Å². The summed E-state index contributed by atoms with van der Waals surface area (Å²) in [5.41, 5.74) is 0.127. The fourth-order valence-corrected chi connectivity index (χ4v) is 2.41. The fraction of sp³-hybridized carbons (Fsp3) is 0.0556. The highest BCUT2D eigenvalue weighted by atomic mass is 16.6. The zero-order chi connectivity index (χ0) is 19.4. The molecule has 1 heterocycles. The minimum atomic E-state index is -0.610. The van der Waals surface area contributed by atoms with Gasteiger partial charge in [-0.05, 0) is 12.1 Å². The third kappa shape index (κ3) is 3.82. The summed E-state index contributed by atoms with van der Waals surface area (Å²) in [5, 5.41) is 22.6. The lowest BCUT2D eigenvalue weighted by atomic mass is 10.1. The molecule has 9 nitrogen and oxygen atoms in total. The zero-order valence-corrected chi connectivity index (χ0v) is 14.1. The Kier molecular flexibility index (Phi) is 4.93. The smallest absolute Gasteiger partial charge is 0.315 e. The highest BCUT2D eigenvalue weighted by Gasteiger charge is 2.21. The minimum Gasteiger partial charge on any atom is -0.496 e. The molecule has 0 saturated heterocycles. The van der Waals surface area contributed by atoms with E-state index < -0.39 is 9.85 Å². The number of hydrogen-bond acceptors (Lipinski definition) is 7. The molecule has 0 aliphatic heterocycles. The maximum atomic E-state index is 11.3. The maximum Gasteiger partial charge on any atom is 0.315 e. The molecule has 0 aliphatic carbocycles. The van der Waals surface area contributed by atoms with Gasteiger partial charge >= 0.3 is 5.69 Å². The lowest BCUT2D eigenvalue weighted by molar-refractivity contribution is -0.385. The van der Waals surface area contributed by atoms with Gasteiger partial charge in [-0.25, -0.2) is 4.98 Å². The molecule has 3 rings (SSSR count). The van der Waals surface area contributed by atoms with Crippen LogP contribution >= 0.6 is 0 Å². The third-order valence-corrected chi connectivity index (χ3v) is 3.67. The lowest BCUT2D eigenvalue weighted by Crippen LogP contribution is -1.99. The Morgan fingerprint density at radius 1 is 0.889 bits per heavy atom. The summed E-state index contributed by atoms with van der Waals surface area (Å²) < 4.78 is 10.5. The van der Waals surface area contributed by atoms with E-state index in [1.54, 1.807) is 30.3 Å². The molecule has 0 amide bonds. The van der Waals surface area contributed by atoms with Crippen LogP contribution in [0.25, 0.3) is 11.3 Å². The number of aromatic nitrogens is 1. The van der Waals surface area contributed by atoms with Gasteiger partial charge in [0, 0.05) is 17.7 Å². The van der Waals surface area contributed by atoms with Crippen LogP contribution in [0.5, 0.6) is 17.4 Å². The molecular formula is C18H13N3O6. The SMILES string of the molecule is COc1ccc(Oc2ccc([N+](=O)[O-])c(-c3ccccc3)n2)c([N+](=O)[O-])c1. The van der Waals surface area contributed by atoms with Crippen LogP contribution in [0.4, 0.5) is 11.4 Å². The van der Waals surface area contributed by atoms with Crippen LogP contribution in [-0.4, -0.2) is 21.9 Å². The van der Waals surface area contributed by atoms with Crippen molar-refractivity contribution in [3.63, 3.8) is 0 Å². The number of ether oxygens (including phenoxy) is 2. The van der Waals surface area contributed by atoms with Gasteiger partial charge in [-0.3, -0.25) is 20.2 Å². The lowest BCUT2D eigenvalue weighted by Gasteiger charge is -2.09. The van der Waals surface area contributed by atoms with Gasteiger partial charge < -0.3 is 9.47 Å². The monoisotopic (exact) mass is 367 g/mol. The Hall–Kier alpha value is -4.01. The first kappa shape index (κ1) is 17.8. The van der Waals surface area contributed by atoms with Crippen molar-refractivity contribution in [2.75, 3.05) is 7.11 Å². The molecular weight excluding hydrogens is 354 g/mol. The topological polar surface area (TPSA) is 118 Å². The van der Waals surface area contributed by atoms with Gasteiger partial charge in [-0.2, -0.15) is 0 Å². The van der Waals surface area contributed by atoms with Gasteiger partial charge in [0.2, 0.25) is 11.6 Å². The van der Waals surface area contributed by atoms with E-state index in [4.69, 9.17) is 9.47 Å². The Balaban J connectivity index is 2.04. The standard InChI is InChI=1S/C18H13N3O6/c1-26-13-7-9-16(15(11-13)21(24)25)27-17-10-8-14(20(22)23)18(19-17)12-5-3-2-4-6-12/h2-11H,1H3. The zero-order valence-electron chi connectivity index (χ0n) is 14.1. The van der Waals surface area contributed by atoms with E-state index in [1.165, 1.54) is 37.4 Å². The number of hydrogen-bond donors (Lipinski definition) is 0. The van der Waals surface area contributed by atoms with E-state index in [9.17, 15) is 20.2 Å². The second-order valence-corrected chi connectivity index (χ2v) is 5.33. The van der Waals surface area contributed by atoms with Crippen LogP contribution in [-0.2, 0) is 0 Å². The Morgan fingerprint density at radius 3 is 2.22 bits per heavy atom. The Labute approximate surface area is 153 Å². The molecule has 0 bridgehead atoms. The fourth-order valence-electron chi connectivity index (χ4n) is 2.41. The largest absolute Gasteiger partial charge is 0.496 e. The van der Waals surface area contributed by atoms with Crippen molar-refractivity contribution in [1.82, 2.24) is 4.98 Å². The molecule has 0 unspecified atom stereocenters. The van der Waals surface area contributed by atoms with Crippen LogP contribution in [0.1, 0.15) is 0 Å². The molecule has 9 heteroatoms. The average Bonchev–Trinajstić information content (AvgIpc) is 2.68. The quantitative estimate of drug-likeness (QED) is 0.469. The van der Waals surface area contributed by atoms with Crippen molar-refractivity contribution >= 4 is 11.4 Å². The molecule has 0 spiro atoms. The second-order valence-electron chi connectivity index (χ2n) is 5.33. The molecule has 0 aliphatic rings. The third-order valence-electron chi connectivity index (χ3n) is 3.67. The van der Waals surface area contributed by atoms with Gasteiger partial charge in [-0.1, -0.05) is 30.3 Å². The summed E-state index contributed by atoms with van der Waals surface area (Å²) >= 11 is 0. The van der Waals surface area contributed by atoms with Crippen LogP contribution < -0.4 is 9.47 Å². The molecule has 0 N–H and O–H groups in total. The van der Waals surface area contributed by atoms with E-state index in [2.05, 4.69) is 4.98 Å². The maximum absolute atomic E-state index is 11.3. The first-order chi connectivity index (χ1) is 13.0. The number of nitro groups is 2. The van der Waals surface area contributed by atoms with E-state index in [-0.39, 0.29) is 28.7 Å². The molecule has 2 aromatic carbocycles. The van der Waals surface area contributed by atoms with Crippen molar-refractivity contribution in [1.29, 1.82) is 0 Å². The predicted molar refractivity (Wildman–Crippen MR) is 96.0 cm³/mol. The Bertz CT molecular complexity index is 1010. The van der Waals surface area contributed by atoms with E-state index >= 15 is 0 Å². The molecule has 136 valence electrons. The number of pyridine rings is 1. The van der Waals surface area contributed by atoms with Crippen LogP contribution in [0.15, 0.2) is 60.7 Å². The number of nitro benzene ring substituents is 1. The summed E-state index contributed by atoms with van der Waals surface area (Å²) in [4.78, 5) is 25.6. The van der Waals surface area contributed by atoms with Gasteiger partial charge in [0.1, 0.15) is 5.75 Å². The van der Waals surface area contributed by atoms with Crippen molar-refractivity contribution in [3.05, 3.63) is 80.9 Å². The van der Waals surface area contributed by atoms with E-state index in [1.807, 2.05) is 0 Å². The van der Waals surface area contributed by atoms with Crippen LogP contribution in [0.3, 0.4) is 0 Å². The number of methoxy groups -OCH3 is 1.